The Morgan fingerprint density at radius 1 is 1.56 bits per heavy atom. The molecule has 1 aromatic rings. The summed E-state index contributed by atoms with van der Waals surface area (Å²) in [5.41, 5.74) is 0.888. The Morgan fingerprint density at radius 2 is 2.39 bits per heavy atom. The largest absolute Gasteiger partial charge is 0.376 e. The molecule has 0 atom stereocenters. The van der Waals surface area contributed by atoms with Crippen molar-refractivity contribution in [1.82, 2.24) is 20.3 Å². The maximum absolute atomic E-state index is 5.58. The average molecular weight is 254 g/mol. The lowest BCUT2D eigenvalue weighted by Gasteiger charge is -2.25. The highest BCUT2D eigenvalue weighted by atomic mass is 16.6. The van der Waals surface area contributed by atoms with E-state index in [0.29, 0.717) is 25.9 Å². The maximum atomic E-state index is 5.58. The van der Waals surface area contributed by atoms with Crippen molar-refractivity contribution in [1.29, 1.82) is 0 Å². The molecular weight excluding hydrogens is 232 g/mol. The summed E-state index contributed by atoms with van der Waals surface area (Å²) >= 11 is 0. The Kier molecular flexibility index (Phi) is 5.10. The van der Waals surface area contributed by atoms with Gasteiger partial charge in [0, 0.05) is 12.6 Å². The van der Waals surface area contributed by atoms with Crippen LogP contribution in [0.1, 0.15) is 26.0 Å². The molecule has 0 unspecified atom stereocenters. The van der Waals surface area contributed by atoms with Crippen molar-refractivity contribution in [2.24, 2.45) is 0 Å². The van der Waals surface area contributed by atoms with Crippen LogP contribution in [-0.2, 0) is 22.6 Å². The molecule has 6 nitrogen and oxygen atoms in total. The highest BCUT2D eigenvalue weighted by Gasteiger charge is 2.19. The monoisotopic (exact) mass is 254 g/mol. The van der Waals surface area contributed by atoms with Crippen molar-refractivity contribution in [3.8, 4) is 0 Å². The molecular formula is C12H22N4O2. The molecule has 0 radical (unpaired) electrons. The Labute approximate surface area is 108 Å². The predicted molar refractivity (Wildman–Crippen MR) is 67.2 cm³/mol. The van der Waals surface area contributed by atoms with Crippen LogP contribution in [0.2, 0.25) is 0 Å². The van der Waals surface area contributed by atoms with Gasteiger partial charge in [-0.05, 0) is 13.0 Å². The standard InChI is InChI=1S/C12H22N4O2/c1-10(2)13-4-3-5-16-6-11(14-15-16)7-18-12-8-17-9-12/h6,10,12-13H,3-5,7-9H2,1-2H3. The van der Waals surface area contributed by atoms with Crippen molar-refractivity contribution >= 4 is 0 Å². The van der Waals surface area contributed by atoms with Crippen LogP contribution >= 0.6 is 0 Å². The highest BCUT2D eigenvalue weighted by Crippen LogP contribution is 2.08. The number of rotatable bonds is 8. The van der Waals surface area contributed by atoms with Crippen molar-refractivity contribution in [3.63, 3.8) is 0 Å². The Bertz CT molecular complexity index is 350. The molecule has 2 heterocycles. The normalized spacial score (nSPS) is 16.2. The first-order chi connectivity index (χ1) is 8.74. The van der Waals surface area contributed by atoms with Gasteiger partial charge in [-0.2, -0.15) is 0 Å². The van der Waals surface area contributed by atoms with E-state index in [-0.39, 0.29) is 6.10 Å². The van der Waals surface area contributed by atoms with Crippen LogP contribution in [0.25, 0.3) is 0 Å². The summed E-state index contributed by atoms with van der Waals surface area (Å²) in [6.45, 7) is 8.12. The topological polar surface area (TPSA) is 61.2 Å². The van der Waals surface area contributed by atoms with Gasteiger partial charge in [-0.15, -0.1) is 5.10 Å². The first kappa shape index (κ1) is 13.5. The van der Waals surface area contributed by atoms with Gasteiger partial charge in [0.25, 0.3) is 0 Å². The smallest absolute Gasteiger partial charge is 0.108 e. The molecule has 18 heavy (non-hydrogen) atoms. The van der Waals surface area contributed by atoms with Gasteiger partial charge in [0.05, 0.1) is 26.0 Å². The van der Waals surface area contributed by atoms with E-state index in [2.05, 4.69) is 29.5 Å². The summed E-state index contributed by atoms with van der Waals surface area (Å²) in [5, 5.41) is 11.5. The SMILES string of the molecule is CC(C)NCCCn1cc(COC2COC2)nn1. The number of aryl methyl sites for hydroxylation is 1. The van der Waals surface area contributed by atoms with Crippen LogP contribution in [-0.4, -0.2) is 46.9 Å². The molecule has 1 saturated heterocycles. The van der Waals surface area contributed by atoms with Gasteiger partial charge >= 0.3 is 0 Å². The lowest BCUT2D eigenvalue weighted by Crippen LogP contribution is -2.35. The lowest BCUT2D eigenvalue weighted by atomic mass is 10.3. The van der Waals surface area contributed by atoms with Crippen molar-refractivity contribution in [2.45, 2.75) is 45.6 Å². The summed E-state index contributed by atoms with van der Waals surface area (Å²) in [6, 6.07) is 0.536. The van der Waals surface area contributed by atoms with Crippen LogP contribution in [0, 0.1) is 0 Å². The Balaban J connectivity index is 1.62. The van der Waals surface area contributed by atoms with E-state index in [0.717, 1.165) is 25.2 Å². The van der Waals surface area contributed by atoms with Gasteiger partial charge in [0.15, 0.2) is 0 Å². The molecule has 1 fully saturated rings. The Hall–Kier alpha value is -0.980. The van der Waals surface area contributed by atoms with Crippen molar-refractivity contribution < 1.29 is 9.47 Å². The second kappa shape index (κ2) is 6.82. The minimum atomic E-state index is 0.241. The fraction of sp³-hybridized carbons (Fsp3) is 0.833. The summed E-state index contributed by atoms with van der Waals surface area (Å²) < 4.78 is 12.5. The third-order valence-corrected chi connectivity index (χ3v) is 2.78. The van der Waals surface area contributed by atoms with Gasteiger partial charge in [-0.1, -0.05) is 19.1 Å². The molecule has 0 spiro atoms. The quantitative estimate of drug-likeness (QED) is 0.688. The predicted octanol–water partition coefficient (Wildman–Crippen LogP) is 0.582. The summed E-state index contributed by atoms with van der Waals surface area (Å²) in [5.74, 6) is 0. The molecule has 1 aromatic heterocycles. The van der Waals surface area contributed by atoms with E-state index < -0.39 is 0 Å². The molecule has 0 aromatic carbocycles. The number of hydrogen-bond acceptors (Lipinski definition) is 5. The number of nitrogens with zero attached hydrogens (tertiary/aromatic N) is 3. The summed E-state index contributed by atoms with van der Waals surface area (Å²) in [7, 11) is 0. The zero-order valence-corrected chi connectivity index (χ0v) is 11.1. The summed E-state index contributed by atoms with van der Waals surface area (Å²) in [6.07, 6.45) is 3.25. The zero-order valence-electron chi connectivity index (χ0n) is 11.1. The molecule has 0 aliphatic carbocycles. The maximum Gasteiger partial charge on any atom is 0.108 e. The van der Waals surface area contributed by atoms with Crippen LogP contribution in [0.4, 0.5) is 0 Å². The van der Waals surface area contributed by atoms with Crippen molar-refractivity contribution in [3.05, 3.63) is 11.9 Å². The van der Waals surface area contributed by atoms with Crippen LogP contribution in [0.5, 0.6) is 0 Å². The summed E-state index contributed by atoms with van der Waals surface area (Å²) in [4.78, 5) is 0. The van der Waals surface area contributed by atoms with Crippen LogP contribution in [0.3, 0.4) is 0 Å². The first-order valence-electron chi connectivity index (χ1n) is 6.56. The third-order valence-electron chi connectivity index (χ3n) is 2.78. The van der Waals surface area contributed by atoms with E-state index in [4.69, 9.17) is 9.47 Å². The molecule has 1 aliphatic rings. The highest BCUT2D eigenvalue weighted by molar-refractivity contribution is 4.90. The fourth-order valence-electron chi connectivity index (χ4n) is 1.66. The van der Waals surface area contributed by atoms with E-state index in [1.807, 2.05) is 10.9 Å². The number of ether oxygens (including phenoxy) is 2. The second-order valence-corrected chi connectivity index (χ2v) is 4.91. The minimum Gasteiger partial charge on any atom is -0.376 e. The van der Waals surface area contributed by atoms with E-state index in [9.17, 15) is 0 Å². The molecule has 2 rings (SSSR count). The molecule has 1 N–H and O–H groups in total. The van der Waals surface area contributed by atoms with E-state index >= 15 is 0 Å². The van der Waals surface area contributed by atoms with Crippen LogP contribution in [0.15, 0.2) is 6.20 Å². The molecule has 0 amide bonds. The zero-order chi connectivity index (χ0) is 12.8. The van der Waals surface area contributed by atoms with E-state index in [1.54, 1.807) is 0 Å². The van der Waals surface area contributed by atoms with Crippen LogP contribution < -0.4 is 5.32 Å². The number of aromatic nitrogens is 3. The van der Waals surface area contributed by atoms with E-state index in [1.165, 1.54) is 0 Å². The minimum absolute atomic E-state index is 0.241. The second-order valence-electron chi connectivity index (χ2n) is 4.91. The molecule has 0 bridgehead atoms. The molecule has 1 aliphatic heterocycles. The van der Waals surface area contributed by atoms with Gasteiger partial charge in [0.2, 0.25) is 0 Å². The van der Waals surface area contributed by atoms with Gasteiger partial charge in [-0.3, -0.25) is 4.68 Å². The van der Waals surface area contributed by atoms with Crippen molar-refractivity contribution in [2.75, 3.05) is 19.8 Å². The Morgan fingerprint density at radius 3 is 3.06 bits per heavy atom. The fourth-order valence-corrected chi connectivity index (χ4v) is 1.66. The van der Waals surface area contributed by atoms with Gasteiger partial charge in [-0.25, -0.2) is 0 Å². The van der Waals surface area contributed by atoms with Gasteiger partial charge < -0.3 is 14.8 Å². The first-order valence-corrected chi connectivity index (χ1v) is 6.56. The lowest BCUT2D eigenvalue weighted by molar-refractivity contribution is -0.135. The average Bonchev–Trinajstić information content (AvgIpc) is 2.70. The molecule has 6 heteroatoms. The number of nitrogens with one attached hydrogen (secondary N) is 1. The number of hydrogen-bond donors (Lipinski definition) is 1. The van der Waals surface area contributed by atoms with Gasteiger partial charge in [0.1, 0.15) is 11.8 Å². The molecule has 102 valence electrons. The third kappa shape index (κ3) is 4.36. The molecule has 0 saturated carbocycles.